The predicted octanol–water partition coefficient (Wildman–Crippen LogP) is 4.46. The third kappa shape index (κ3) is 6.72. The molecule has 10 heteroatoms. The van der Waals surface area contributed by atoms with Gasteiger partial charge in [0.15, 0.2) is 17.6 Å². The molecule has 2 N–H and O–H groups in total. The maximum atomic E-state index is 12.5. The summed E-state index contributed by atoms with van der Waals surface area (Å²) in [6.45, 7) is 1.60. The van der Waals surface area contributed by atoms with Gasteiger partial charge in [-0.05, 0) is 31.9 Å². The van der Waals surface area contributed by atoms with E-state index in [0.29, 0.717) is 17.4 Å². The molecular weight excluding hydrogens is 478 g/mol. The Balaban J connectivity index is 1.42. The zero-order valence-corrected chi connectivity index (χ0v) is 20.9. The fraction of sp³-hybridized carbons (Fsp3) is 0.346. The smallest absolute Gasteiger partial charge is 0.341 e. The second kappa shape index (κ2) is 12.3. The lowest BCUT2D eigenvalue weighted by Gasteiger charge is -2.25. The molecule has 1 aromatic heterocycles. The van der Waals surface area contributed by atoms with Crippen molar-refractivity contribution in [2.24, 2.45) is 5.10 Å². The number of ether oxygens (including phenoxy) is 1. The minimum atomic E-state index is -1.07. The van der Waals surface area contributed by atoms with Crippen LogP contribution < -0.4 is 10.2 Å². The number of aryl methyl sites for hydroxylation is 1. The number of amides is 1. The van der Waals surface area contributed by atoms with E-state index in [9.17, 15) is 9.59 Å². The number of carbonyl (C=O) groups excluding carboxylic acids is 1. The summed E-state index contributed by atoms with van der Waals surface area (Å²) in [5, 5.41) is 22.5. The monoisotopic (exact) mass is 507 g/mol. The first-order valence-electron chi connectivity index (χ1n) is 11.9. The van der Waals surface area contributed by atoms with Crippen LogP contribution in [-0.4, -0.2) is 50.3 Å². The lowest BCUT2D eigenvalue weighted by atomic mass is 9.95. The molecule has 1 aliphatic carbocycles. The van der Waals surface area contributed by atoms with E-state index < -0.39 is 12.6 Å². The number of nitrogens with zero attached hydrogens (tertiary/aromatic N) is 4. The van der Waals surface area contributed by atoms with Crippen molar-refractivity contribution >= 4 is 29.9 Å². The van der Waals surface area contributed by atoms with Crippen LogP contribution >= 0.6 is 11.8 Å². The highest BCUT2D eigenvalue weighted by Crippen LogP contribution is 2.35. The Bertz CT molecular complexity index is 1220. The van der Waals surface area contributed by atoms with E-state index in [4.69, 9.17) is 9.84 Å². The summed E-state index contributed by atoms with van der Waals surface area (Å²) in [6.07, 6.45) is 7.17. The molecule has 1 heterocycles. The molecule has 1 aliphatic rings. The normalized spacial score (nSPS) is 14.1. The molecule has 0 bridgehead atoms. The zero-order valence-electron chi connectivity index (χ0n) is 20.1. The Morgan fingerprint density at radius 2 is 1.89 bits per heavy atom. The molecule has 1 fully saturated rings. The van der Waals surface area contributed by atoms with Crippen molar-refractivity contribution in [3.63, 3.8) is 0 Å². The van der Waals surface area contributed by atoms with E-state index >= 15 is 0 Å². The number of hydrogen-bond acceptors (Lipinski definition) is 7. The molecule has 9 nitrogen and oxygen atoms in total. The number of nitrogens with one attached hydrogen (secondary N) is 1. The van der Waals surface area contributed by atoms with E-state index in [1.54, 1.807) is 24.3 Å². The van der Waals surface area contributed by atoms with Gasteiger partial charge in [0.05, 0.1) is 12.0 Å². The van der Waals surface area contributed by atoms with Crippen molar-refractivity contribution in [1.29, 1.82) is 0 Å². The van der Waals surface area contributed by atoms with Gasteiger partial charge >= 0.3 is 5.97 Å². The van der Waals surface area contributed by atoms with Crippen LogP contribution in [0.2, 0.25) is 0 Å². The van der Waals surface area contributed by atoms with Crippen molar-refractivity contribution in [3.8, 4) is 17.1 Å². The first kappa shape index (κ1) is 25.4. The van der Waals surface area contributed by atoms with Gasteiger partial charge in [0.25, 0.3) is 5.91 Å². The Morgan fingerprint density at radius 1 is 1.14 bits per heavy atom. The molecule has 2 aromatic carbocycles. The SMILES string of the molecule is Cc1ccc(-c2nnc(SCC(=O)N/N=C/c3ccccc3OCC(=O)O)n2C2CCCCC2)cc1. The van der Waals surface area contributed by atoms with Gasteiger partial charge < -0.3 is 9.84 Å². The van der Waals surface area contributed by atoms with Crippen molar-refractivity contribution in [3.05, 3.63) is 59.7 Å². The highest BCUT2D eigenvalue weighted by Gasteiger charge is 2.24. The lowest BCUT2D eigenvalue weighted by molar-refractivity contribution is -0.139. The summed E-state index contributed by atoms with van der Waals surface area (Å²) in [5.41, 5.74) is 5.28. The number of aromatic nitrogens is 3. The quantitative estimate of drug-likeness (QED) is 0.236. The van der Waals surface area contributed by atoms with Crippen molar-refractivity contribution in [1.82, 2.24) is 20.2 Å². The molecule has 0 aliphatic heterocycles. The summed E-state index contributed by atoms with van der Waals surface area (Å²) >= 11 is 1.34. The van der Waals surface area contributed by atoms with Crippen molar-refractivity contribution < 1.29 is 19.4 Å². The van der Waals surface area contributed by atoms with Crippen LogP contribution in [0.15, 0.2) is 58.8 Å². The number of carboxylic acids is 1. The number of carboxylic acid groups (broad SMARTS) is 1. The molecule has 1 amide bonds. The van der Waals surface area contributed by atoms with Gasteiger partial charge in [-0.15, -0.1) is 10.2 Å². The number of rotatable bonds is 10. The standard InChI is InChI=1S/C26H29N5O4S/c1-18-11-13-19(14-12-18)25-29-30-26(31(25)21-8-3-2-4-9-21)36-17-23(32)28-27-15-20-7-5-6-10-22(20)35-16-24(33)34/h5-7,10-15,21H,2-4,8-9,16-17H2,1H3,(H,28,32)(H,33,34)/b27-15+. The molecule has 0 atom stereocenters. The molecule has 0 unspecified atom stereocenters. The second-order valence-electron chi connectivity index (χ2n) is 8.64. The van der Waals surface area contributed by atoms with Crippen LogP contribution in [0.1, 0.15) is 49.3 Å². The van der Waals surface area contributed by atoms with Crippen LogP contribution in [-0.2, 0) is 9.59 Å². The summed E-state index contributed by atoms with van der Waals surface area (Å²) in [7, 11) is 0. The summed E-state index contributed by atoms with van der Waals surface area (Å²) in [6, 6.07) is 15.5. The number of thioether (sulfide) groups is 1. The average Bonchev–Trinajstić information content (AvgIpc) is 3.32. The van der Waals surface area contributed by atoms with Gasteiger partial charge in [0.2, 0.25) is 0 Å². The van der Waals surface area contributed by atoms with E-state index in [1.807, 2.05) is 0 Å². The molecule has 0 spiro atoms. The summed E-state index contributed by atoms with van der Waals surface area (Å²) < 4.78 is 7.45. The number of hydrogen-bond donors (Lipinski definition) is 2. The number of benzene rings is 2. The number of carbonyl (C=O) groups is 2. The first-order valence-corrected chi connectivity index (χ1v) is 12.9. The Labute approximate surface area is 214 Å². The Morgan fingerprint density at radius 3 is 2.64 bits per heavy atom. The maximum absolute atomic E-state index is 12.5. The van der Waals surface area contributed by atoms with Crippen LogP contribution in [0.5, 0.6) is 5.75 Å². The minimum Gasteiger partial charge on any atom is -0.481 e. The molecule has 0 radical (unpaired) electrons. The minimum absolute atomic E-state index is 0.132. The van der Waals surface area contributed by atoms with Gasteiger partial charge in [-0.1, -0.05) is 73.0 Å². The van der Waals surface area contributed by atoms with Gasteiger partial charge in [-0.2, -0.15) is 5.10 Å². The van der Waals surface area contributed by atoms with E-state index in [1.165, 1.54) is 42.8 Å². The third-order valence-corrected chi connectivity index (χ3v) is 6.85. The van der Waals surface area contributed by atoms with Crippen molar-refractivity contribution in [2.75, 3.05) is 12.4 Å². The van der Waals surface area contributed by atoms with Gasteiger partial charge in [0, 0.05) is 17.2 Å². The topological polar surface area (TPSA) is 119 Å². The van der Waals surface area contributed by atoms with Crippen molar-refractivity contribution in [2.45, 2.75) is 50.2 Å². The van der Waals surface area contributed by atoms with Crippen LogP contribution in [0.4, 0.5) is 0 Å². The highest BCUT2D eigenvalue weighted by atomic mass is 32.2. The predicted molar refractivity (Wildman–Crippen MR) is 138 cm³/mol. The Kier molecular flexibility index (Phi) is 8.72. The molecule has 3 aromatic rings. The maximum Gasteiger partial charge on any atom is 0.341 e. The number of aliphatic carboxylic acids is 1. The molecular formula is C26H29N5O4S. The summed E-state index contributed by atoms with van der Waals surface area (Å²) in [5.74, 6) is -0.0148. The molecule has 0 saturated heterocycles. The first-order chi connectivity index (χ1) is 17.5. The molecule has 1 saturated carbocycles. The highest BCUT2D eigenvalue weighted by molar-refractivity contribution is 7.99. The fourth-order valence-corrected chi connectivity index (χ4v) is 4.94. The molecule has 4 rings (SSSR count). The van der Waals surface area contributed by atoms with Crippen LogP contribution in [0, 0.1) is 6.92 Å². The molecule has 188 valence electrons. The van der Waals surface area contributed by atoms with E-state index in [0.717, 1.165) is 29.4 Å². The summed E-state index contributed by atoms with van der Waals surface area (Å²) in [4.78, 5) is 23.3. The zero-order chi connectivity index (χ0) is 25.3. The molecule has 36 heavy (non-hydrogen) atoms. The lowest BCUT2D eigenvalue weighted by Crippen LogP contribution is -2.21. The van der Waals surface area contributed by atoms with Gasteiger partial charge in [0.1, 0.15) is 5.75 Å². The fourth-order valence-electron chi connectivity index (χ4n) is 4.14. The number of para-hydroxylation sites is 1. The number of hydrazone groups is 1. The average molecular weight is 508 g/mol. The largest absolute Gasteiger partial charge is 0.481 e. The Hall–Kier alpha value is -3.66. The second-order valence-corrected chi connectivity index (χ2v) is 9.58. The van der Waals surface area contributed by atoms with Crippen LogP contribution in [0.25, 0.3) is 11.4 Å². The van der Waals surface area contributed by atoms with E-state index in [2.05, 4.69) is 56.5 Å². The third-order valence-electron chi connectivity index (χ3n) is 5.91. The van der Waals surface area contributed by atoms with Gasteiger partial charge in [-0.3, -0.25) is 9.36 Å². The van der Waals surface area contributed by atoms with Crippen LogP contribution in [0.3, 0.4) is 0 Å². The van der Waals surface area contributed by atoms with Gasteiger partial charge in [-0.25, -0.2) is 10.2 Å². The van der Waals surface area contributed by atoms with E-state index in [-0.39, 0.29) is 11.7 Å².